The van der Waals surface area contributed by atoms with Crippen LogP contribution >= 0.6 is 11.6 Å². The van der Waals surface area contributed by atoms with E-state index < -0.39 is 34.6 Å². The molecule has 0 aliphatic rings. The van der Waals surface area contributed by atoms with E-state index in [1.54, 1.807) is 6.92 Å². The second-order valence-corrected chi connectivity index (χ2v) is 6.20. The zero-order valence-corrected chi connectivity index (χ0v) is 15.5. The fourth-order valence-electron chi connectivity index (χ4n) is 2.46. The van der Waals surface area contributed by atoms with E-state index in [0.29, 0.717) is 0 Å². The van der Waals surface area contributed by atoms with Crippen molar-refractivity contribution >= 4 is 11.6 Å². The normalized spacial score (nSPS) is 11.7. The summed E-state index contributed by atoms with van der Waals surface area (Å²) >= 11 is 5.91. The van der Waals surface area contributed by atoms with E-state index in [1.807, 2.05) is 0 Å². The van der Waals surface area contributed by atoms with Gasteiger partial charge in [0.15, 0.2) is 6.61 Å². The van der Waals surface area contributed by atoms with Crippen molar-refractivity contribution in [2.24, 2.45) is 7.05 Å². The first-order valence-corrected chi connectivity index (χ1v) is 8.18. The van der Waals surface area contributed by atoms with Gasteiger partial charge in [-0.2, -0.15) is 18.2 Å². The summed E-state index contributed by atoms with van der Waals surface area (Å²) < 4.78 is 63.8. The molecule has 2 aromatic heterocycles. The number of ether oxygens (including phenoxy) is 1. The van der Waals surface area contributed by atoms with E-state index in [1.165, 1.54) is 0 Å². The van der Waals surface area contributed by atoms with E-state index in [2.05, 4.69) is 10.1 Å². The molecule has 0 aliphatic carbocycles. The first-order valence-electron chi connectivity index (χ1n) is 7.80. The zero-order chi connectivity index (χ0) is 21.5. The minimum Gasteiger partial charge on any atom is -0.484 e. The first-order chi connectivity index (χ1) is 13.5. The van der Waals surface area contributed by atoms with Crippen LogP contribution in [0, 0.1) is 12.7 Å². The molecule has 0 aliphatic heterocycles. The highest BCUT2D eigenvalue weighted by molar-refractivity contribution is 6.32. The predicted molar refractivity (Wildman–Crippen MR) is 90.6 cm³/mol. The Morgan fingerprint density at radius 3 is 2.52 bits per heavy atom. The predicted octanol–water partition coefficient (Wildman–Crippen LogP) is 2.62. The molecule has 3 aromatic rings. The zero-order valence-electron chi connectivity index (χ0n) is 14.8. The number of aryl methyl sites for hydroxylation is 1. The molecule has 2 heterocycles. The molecule has 29 heavy (non-hydrogen) atoms. The van der Waals surface area contributed by atoms with Crippen molar-refractivity contribution in [1.29, 1.82) is 0 Å². The molecule has 154 valence electrons. The second kappa shape index (κ2) is 7.35. The quantitative estimate of drug-likeness (QED) is 0.586. The number of rotatable bonds is 4. The number of alkyl halides is 3. The van der Waals surface area contributed by atoms with Gasteiger partial charge in [-0.15, -0.1) is 0 Å². The van der Waals surface area contributed by atoms with Gasteiger partial charge in [0.25, 0.3) is 5.56 Å². The average molecular weight is 435 g/mol. The second-order valence-electron chi connectivity index (χ2n) is 5.79. The number of nitrogens with zero attached hydrogens (tertiary/aromatic N) is 4. The topological polar surface area (TPSA) is 92.2 Å². The Morgan fingerprint density at radius 2 is 1.93 bits per heavy atom. The van der Waals surface area contributed by atoms with Crippen molar-refractivity contribution in [2.75, 3.05) is 0 Å². The molecule has 0 saturated heterocycles. The number of aromatic nitrogens is 4. The lowest BCUT2D eigenvalue weighted by Crippen LogP contribution is -2.41. The minimum absolute atomic E-state index is 0.145. The molecule has 0 unspecified atom stereocenters. The highest BCUT2D eigenvalue weighted by atomic mass is 35.5. The van der Waals surface area contributed by atoms with Gasteiger partial charge in [0.2, 0.25) is 11.7 Å². The molecule has 1 aromatic carbocycles. The molecule has 0 saturated carbocycles. The van der Waals surface area contributed by atoms with E-state index in [9.17, 15) is 27.2 Å². The summed E-state index contributed by atoms with van der Waals surface area (Å²) in [7, 11) is 0.810. The van der Waals surface area contributed by atoms with Gasteiger partial charge >= 0.3 is 11.9 Å². The maximum atomic E-state index is 14.4. The first kappa shape index (κ1) is 20.6. The van der Waals surface area contributed by atoms with Crippen molar-refractivity contribution in [2.45, 2.75) is 19.7 Å². The van der Waals surface area contributed by atoms with E-state index in [4.69, 9.17) is 20.9 Å². The van der Waals surface area contributed by atoms with Crippen molar-refractivity contribution < 1.29 is 26.8 Å². The summed E-state index contributed by atoms with van der Waals surface area (Å²) in [6, 6.07) is 1.87. The molecule has 0 spiro atoms. The lowest BCUT2D eigenvalue weighted by Gasteiger charge is -2.15. The summed E-state index contributed by atoms with van der Waals surface area (Å²) in [5.41, 5.74) is -4.87. The molecule has 13 heteroatoms. The van der Waals surface area contributed by atoms with Crippen LogP contribution in [0.25, 0.3) is 5.69 Å². The van der Waals surface area contributed by atoms with Crippen LogP contribution < -0.4 is 16.0 Å². The van der Waals surface area contributed by atoms with Gasteiger partial charge in [0.1, 0.15) is 17.3 Å². The molecular formula is C16H11ClF4N4O4. The monoisotopic (exact) mass is 434 g/mol. The summed E-state index contributed by atoms with van der Waals surface area (Å²) in [6.45, 7) is 1.31. The Hall–Kier alpha value is -3.15. The molecule has 8 nitrogen and oxygen atoms in total. The van der Waals surface area contributed by atoms with E-state index in [-0.39, 0.29) is 44.3 Å². The van der Waals surface area contributed by atoms with Gasteiger partial charge in [-0.25, -0.2) is 13.8 Å². The Kier molecular flexibility index (Phi) is 5.22. The van der Waals surface area contributed by atoms with Gasteiger partial charge < -0.3 is 9.26 Å². The van der Waals surface area contributed by atoms with Gasteiger partial charge in [-0.3, -0.25) is 9.36 Å². The van der Waals surface area contributed by atoms with Crippen LogP contribution in [0.3, 0.4) is 0 Å². The molecule has 0 fully saturated rings. The Morgan fingerprint density at radius 1 is 1.24 bits per heavy atom. The van der Waals surface area contributed by atoms with Crippen LogP contribution in [-0.2, 0) is 19.8 Å². The van der Waals surface area contributed by atoms with Gasteiger partial charge in [-0.1, -0.05) is 16.8 Å². The summed E-state index contributed by atoms with van der Waals surface area (Å²) in [6.07, 6.45) is -4.94. The van der Waals surface area contributed by atoms with Crippen LogP contribution in [0.5, 0.6) is 5.75 Å². The Balaban J connectivity index is 2.08. The van der Waals surface area contributed by atoms with Crippen LogP contribution in [0.2, 0.25) is 5.02 Å². The maximum absolute atomic E-state index is 14.4. The van der Waals surface area contributed by atoms with Crippen LogP contribution in [0.15, 0.2) is 32.3 Å². The number of benzene rings is 1. The molecule has 0 amide bonds. The average Bonchev–Trinajstić information content (AvgIpc) is 3.03. The Bertz CT molecular complexity index is 1200. The SMILES string of the molecule is Cc1nc(COc2cc(-n3c(=O)cc(C(F)(F)F)n(C)c3=O)c(F)cc2Cl)no1. The van der Waals surface area contributed by atoms with Gasteiger partial charge in [-0.05, 0) is 6.07 Å². The fourth-order valence-corrected chi connectivity index (χ4v) is 2.67. The molecule has 0 bridgehead atoms. The third-order valence-electron chi connectivity index (χ3n) is 3.78. The van der Waals surface area contributed by atoms with Gasteiger partial charge in [0, 0.05) is 26.1 Å². The van der Waals surface area contributed by atoms with Crippen LogP contribution in [0.4, 0.5) is 17.6 Å². The summed E-state index contributed by atoms with van der Waals surface area (Å²) in [5, 5.41) is 3.38. The van der Waals surface area contributed by atoms with Crippen LogP contribution in [-0.4, -0.2) is 19.3 Å². The molecule has 0 radical (unpaired) electrons. The maximum Gasteiger partial charge on any atom is 0.431 e. The van der Waals surface area contributed by atoms with Gasteiger partial charge in [0.05, 0.1) is 10.7 Å². The number of hydrogen-bond donors (Lipinski definition) is 0. The fraction of sp³-hybridized carbons (Fsp3) is 0.250. The Labute approximate surface area is 163 Å². The third kappa shape index (κ3) is 4.01. The number of halogens is 5. The minimum atomic E-state index is -4.94. The van der Waals surface area contributed by atoms with Crippen molar-refractivity contribution in [1.82, 2.24) is 19.3 Å². The van der Waals surface area contributed by atoms with Crippen LogP contribution in [0.1, 0.15) is 17.4 Å². The summed E-state index contributed by atoms with van der Waals surface area (Å²) in [4.78, 5) is 28.4. The highest BCUT2D eigenvalue weighted by Crippen LogP contribution is 2.30. The van der Waals surface area contributed by atoms with Crippen molar-refractivity contribution in [3.63, 3.8) is 0 Å². The smallest absolute Gasteiger partial charge is 0.431 e. The van der Waals surface area contributed by atoms with E-state index in [0.717, 1.165) is 19.2 Å². The summed E-state index contributed by atoms with van der Waals surface area (Å²) in [5.74, 6) is -0.850. The largest absolute Gasteiger partial charge is 0.484 e. The number of hydrogen-bond acceptors (Lipinski definition) is 6. The molecule has 0 atom stereocenters. The highest BCUT2D eigenvalue weighted by Gasteiger charge is 2.35. The van der Waals surface area contributed by atoms with E-state index >= 15 is 0 Å². The van der Waals surface area contributed by atoms with Crippen molar-refractivity contribution in [3.8, 4) is 11.4 Å². The van der Waals surface area contributed by atoms with Crippen molar-refractivity contribution in [3.05, 3.63) is 67.3 Å². The molecule has 0 N–H and O–H groups in total. The molecule has 3 rings (SSSR count). The third-order valence-corrected chi connectivity index (χ3v) is 4.07. The molecular weight excluding hydrogens is 424 g/mol. The lowest BCUT2D eigenvalue weighted by molar-refractivity contribution is -0.144. The standard InChI is InChI=1S/C16H11ClF4N4O4/c1-7-22-13(23-29-7)6-28-11-4-10(9(18)3-8(11)17)25-14(26)5-12(16(19,20)21)24(2)15(25)27/h3-5H,6H2,1-2H3. The lowest BCUT2D eigenvalue weighted by atomic mass is 10.2.